The maximum Gasteiger partial charge on any atom is 1.00 e. The summed E-state index contributed by atoms with van der Waals surface area (Å²) in [6, 6.07) is 7.95. The molecular formula is C20H11N2Na3O13S4. The summed E-state index contributed by atoms with van der Waals surface area (Å²) in [5.74, 6) is -0.848. The van der Waals surface area contributed by atoms with Crippen LogP contribution in [-0.2, 0) is 40.5 Å². The van der Waals surface area contributed by atoms with Gasteiger partial charge in [0.15, 0.2) is 0 Å². The van der Waals surface area contributed by atoms with Gasteiger partial charge in [0.25, 0.3) is 10.1 Å². The molecule has 206 valence electrons. The van der Waals surface area contributed by atoms with Crippen LogP contribution in [-0.4, -0.2) is 57.0 Å². The molecule has 0 heterocycles. The van der Waals surface area contributed by atoms with E-state index in [1.165, 1.54) is 12.1 Å². The largest absolute Gasteiger partial charge is 1.00 e. The van der Waals surface area contributed by atoms with Crippen molar-refractivity contribution >= 4 is 73.4 Å². The van der Waals surface area contributed by atoms with Crippen LogP contribution in [0.3, 0.4) is 0 Å². The minimum absolute atomic E-state index is 0. The molecule has 0 aromatic heterocycles. The number of phenols is 1. The minimum Gasteiger partial charge on any atom is -0.744 e. The van der Waals surface area contributed by atoms with E-state index in [0.717, 1.165) is 24.3 Å². The number of phenolic OH excluding ortho intramolecular Hbond substituents is 1. The van der Waals surface area contributed by atoms with Crippen molar-refractivity contribution in [2.45, 2.75) is 19.6 Å². The van der Waals surface area contributed by atoms with E-state index < -0.39 is 82.6 Å². The second kappa shape index (κ2) is 13.8. The zero-order chi connectivity index (χ0) is 29.1. The van der Waals surface area contributed by atoms with Gasteiger partial charge >= 0.3 is 88.7 Å². The third kappa shape index (κ3) is 8.17. The average Bonchev–Trinajstić information content (AvgIpc) is 2.79. The monoisotopic (exact) mass is 684 g/mol. The number of azo groups is 1. The van der Waals surface area contributed by atoms with Gasteiger partial charge in [-0.1, -0.05) is 30.3 Å². The summed E-state index contributed by atoms with van der Waals surface area (Å²) in [6.45, 7) is 0. The summed E-state index contributed by atoms with van der Waals surface area (Å²) in [7, 11) is -21.4. The van der Waals surface area contributed by atoms with E-state index in [1.54, 1.807) is 0 Å². The fraction of sp³-hybridized carbons (Fsp3) is 0. The first-order valence-corrected chi connectivity index (χ1v) is 15.6. The molecule has 0 fully saturated rings. The second-order valence-electron chi connectivity index (χ2n) is 7.76. The van der Waals surface area contributed by atoms with Gasteiger partial charge in [-0.2, -0.15) is 8.42 Å². The van der Waals surface area contributed by atoms with Gasteiger partial charge in [-0.15, -0.1) is 10.2 Å². The molecule has 0 aliphatic heterocycles. The zero-order valence-corrected chi connectivity index (χ0v) is 30.9. The Bertz CT molecular complexity index is 2190. The van der Waals surface area contributed by atoms with Crippen molar-refractivity contribution in [3.05, 3.63) is 54.6 Å². The second-order valence-corrected chi connectivity index (χ2v) is 13.2. The summed E-state index contributed by atoms with van der Waals surface area (Å²) in [4.78, 5) is -4.61. The number of rotatable bonds is 6. The van der Waals surface area contributed by atoms with E-state index in [0.29, 0.717) is 12.1 Å². The molecule has 4 aromatic carbocycles. The van der Waals surface area contributed by atoms with Crippen molar-refractivity contribution in [2.75, 3.05) is 0 Å². The molecule has 0 unspecified atom stereocenters. The third-order valence-corrected chi connectivity index (χ3v) is 8.72. The van der Waals surface area contributed by atoms with Gasteiger partial charge in [-0.25, -0.2) is 25.3 Å². The molecule has 4 aromatic rings. The Balaban J connectivity index is 0.00000294. The van der Waals surface area contributed by atoms with Crippen molar-refractivity contribution in [1.82, 2.24) is 0 Å². The Labute approximate surface area is 305 Å². The smallest absolute Gasteiger partial charge is 0.744 e. The van der Waals surface area contributed by atoms with Crippen molar-refractivity contribution < 1.29 is 146 Å². The zero-order valence-electron chi connectivity index (χ0n) is 21.6. The van der Waals surface area contributed by atoms with Gasteiger partial charge in [0, 0.05) is 16.2 Å². The molecule has 42 heavy (non-hydrogen) atoms. The van der Waals surface area contributed by atoms with Gasteiger partial charge in [-0.3, -0.25) is 4.55 Å². The van der Waals surface area contributed by atoms with Crippen LogP contribution in [0.1, 0.15) is 0 Å². The van der Waals surface area contributed by atoms with Crippen molar-refractivity contribution in [2.24, 2.45) is 10.2 Å². The predicted molar refractivity (Wildman–Crippen MR) is 127 cm³/mol. The molecule has 0 amide bonds. The standard InChI is InChI=1S/C20H14N2O13S4.3Na/c23-14-6-5-10-7-11(36(24,25)26)8-16(38(30,31)32)18(10)20(14)22-21-19-13-4-2-1-3-12(13)15(37(27,28)29)9-17(19)39(33,34)35;;;/h1-9,23H,(H,24,25,26)(H,27,28,29)(H,30,31,32)(H,33,34,35);;;/q;3*+1/p-3. The fourth-order valence-electron chi connectivity index (χ4n) is 3.72. The first kappa shape index (κ1) is 39.5. The van der Waals surface area contributed by atoms with E-state index in [2.05, 4.69) is 10.2 Å². The molecule has 0 bridgehead atoms. The van der Waals surface area contributed by atoms with Crippen LogP contribution in [0, 0.1) is 0 Å². The van der Waals surface area contributed by atoms with E-state index in [9.17, 15) is 57.0 Å². The van der Waals surface area contributed by atoms with Crippen LogP contribution >= 0.6 is 0 Å². The quantitative estimate of drug-likeness (QED) is 0.109. The molecule has 15 nitrogen and oxygen atoms in total. The molecule has 4 rings (SSSR count). The van der Waals surface area contributed by atoms with Gasteiger partial charge in [-0.05, 0) is 29.7 Å². The van der Waals surface area contributed by atoms with Crippen LogP contribution in [0.2, 0.25) is 0 Å². The number of nitrogens with zero attached hydrogens (tertiary/aromatic N) is 2. The number of hydrogen-bond donors (Lipinski definition) is 2. The molecule has 22 heteroatoms. The summed E-state index contributed by atoms with van der Waals surface area (Å²) in [5, 5.41) is 15.9. The Kier molecular flexibility index (Phi) is 13.0. The molecule has 0 radical (unpaired) electrons. The normalized spacial score (nSPS) is 12.5. The van der Waals surface area contributed by atoms with E-state index in [-0.39, 0.29) is 111 Å². The Morgan fingerprint density at radius 2 is 1.12 bits per heavy atom. The first-order chi connectivity index (χ1) is 17.8. The van der Waals surface area contributed by atoms with Crippen LogP contribution < -0.4 is 88.7 Å². The predicted octanol–water partition coefficient (Wildman–Crippen LogP) is -6.91. The molecule has 0 saturated heterocycles. The molecule has 2 N–H and O–H groups in total. The number of fused-ring (bicyclic) bond motifs is 2. The number of benzene rings is 4. The average molecular weight is 685 g/mol. The van der Waals surface area contributed by atoms with Crippen molar-refractivity contribution in [3.8, 4) is 5.75 Å². The maximum absolute atomic E-state index is 12.0. The van der Waals surface area contributed by atoms with Crippen molar-refractivity contribution in [3.63, 3.8) is 0 Å². The topological polar surface area (TPSA) is 271 Å². The SMILES string of the molecule is O=S(=O)([O-])c1cc(S(=O)(=O)[O-])c2c(N=Nc3c(S(=O)(=O)[O-])cc(S(=O)(=O)O)c4ccccc34)c(O)ccc2c1.[Na+].[Na+].[Na+]. The fourth-order valence-corrected chi connectivity index (χ4v) is 6.51. The summed E-state index contributed by atoms with van der Waals surface area (Å²) in [6.07, 6.45) is 0. The number of hydrogen-bond acceptors (Lipinski definition) is 14. The molecular weight excluding hydrogens is 673 g/mol. The molecule has 0 spiro atoms. The molecule has 0 saturated carbocycles. The summed E-state index contributed by atoms with van der Waals surface area (Å²) < 4.78 is 140. The van der Waals surface area contributed by atoms with E-state index in [4.69, 9.17) is 0 Å². The first-order valence-electron chi connectivity index (χ1n) is 9.92. The van der Waals surface area contributed by atoms with Gasteiger partial charge in [0.05, 0.1) is 14.7 Å². The molecule has 0 aliphatic rings. The molecule has 0 aliphatic carbocycles. The summed E-state index contributed by atoms with van der Waals surface area (Å²) in [5.41, 5.74) is -1.59. The number of aromatic hydroxyl groups is 1. The van der Waals surface area contributed by atoms with Crippen LogP contribution in [0.4, 0.5) is 11.4 Å². The Morgan fingerprint density at radius 3 is 1.62 bits per heavy atom. The Morgan fingerprint density at radius 1 is 0.595 bits per heavy atom. The van der Waals surface area contributed by atoms with Gasteiger partial charge in [0.2, 0.25) is 0 Å². The maximum atomic E-state index is 12.0. The third-order valence-electron chi connectivity index (χ3n) is 5.30. The Hall–Kier alpha value is -0.560. The molecule has 0 atom stereocenters. The van der Waals surface area contributed by atoms with Crippen LogP contribution in [0.5, 0.6) is 5.75 Å². The van der Waals surface area contributed by atoms with Crippen molar-refractivity contribution in [1.29, 1.82) is 0 Å². The van der Waals surface area contributed by atoms with Crippen LogP contribution in [0.25, 0.3) is 21.5 Å². The van der Waals surface area contributed by atoms with Gasteiger partial charge in [0.1, 0.15) is 52.4 Å². The van der Waals surface area contributed by atoms with Crippen LogP contribution in [0.15, 0.2) is 84.4 Å². The minimum atomic E-state index is -5.53. The van der Waals surface area contributed by atoms with E-state index in [1.807, 2.05) is 0 Å². The summed E-state index contributed by atoms with van der Waals surface area (Å²) >= 11 is 0. The van der Waals surface area contributed by atoms with Gasteiger partial charge < -0.3 is 18.8 Å². The van der Waals surface area contributed by atoms with E-state index >= 15 is 0 Å².